The van der Waals surface area contributed by atoms with E-state index in [2.05, 4.69) is 15.3 Å². The van der Waals surface area contributed by atoms with Crippen LogP contribution < -0.4 is 16.6 Å². The lowest BCUT2D eigenvalue weighted by atomic mass is 10.2. The third kappa shape index (κ3) is 5.52. The molecular formula is C23H27ClN6O3. The number of nitrogens with one attached hydrogen (secondary N) is 2. The predicted molar refractivity (Wildman–Crippen MR) is 127 cm³/mol. The largest absolute Gasteiger partial charge is 0.330 e. The van der Waals surface area contributed by atoms with Crippen molar-refractivity contribution in [2.45, 2.75) is 59.5 Å². The Balaban J connectivity index is 1.90. The number of aromatic nitrogens is 4. The number of H-pyrrole nitrogens is 1. The van der Waals surface area contributed by atoms with Crippen LogP contribution in [-0.4, -0.2) is 25.0 Å². The van der Waals surface area contributed by atoms with Crippen LogP contribution in [0.5, 0.6) is 0 Å². The fourth-order valence-electron chi connectivity index (χ4n) is 3.63. The lowest BCUT2D eigenvalue weighted by Crippen LogP contribution is -2.31. The van der Waals surface area contributed by atoms with Gasteiger partial charge >= 0.3 is 5.69 Å². The molecule has 2 aromatic heterocycles. The smallest absolute Gasteiger partial charge is 0.326 e. The molecule has 0 unspecified atom stereocenters. The Hall–Kier alpha value is -3.38. The van der Waals surface area contributed by atoms with Crippen LogP contribution in [0.25, 0.3) is 11.2 Å². The molecule has 0 saturated carbocycles. The molecule has 10 heteroatoms. The van der Waals surface area contributed by atoms with Crippen LogP contribution in [0.3, 0.4) is 0 Å². The average molecular weight is 471 g/mol. The average Bonchev–Trinajstić information content (AvgIpc) is 3.10. The number of nitriles is 1. The highest BCUT2D eigenvalue weighted by Crippen LogP contribution is 2.21. The molecule has 0 bridgehead atoms. The molecule has 2 heterocycles. The van der Waals surface area contributed by atoms with Crippen molar-refractivity contribution in [2.24, 2.45) is 5.92 Å². The highest BCUT2D eigenvalue weighted by atomic mass is 35.5. The maximum absolute atomic E-state index is 12.7. The lowest BCUT2D eigenvalue weighted by Gasteiger charge is -2.12. The maximum atomic E-state index is 12.7. The van der Waals surface area contributed by atoms with E-state index in [1.807, 2.05) is 31.4 Å². The van der Waals surface area contributed by atoms with Gasteiger partial charge in [-0.3, -0.25) is 19.1 Å². The SMILES string of the molecule is CCCCn1c(=O)[nH]c(=O)c2c1nc(CCC(=O)Nc1ccc(C#N)c(Cl)c1)n2CC(C)C. The van der Waals surface area contributed by atoms with Crippen LogP contribution in [0.15, 0.2) is 27.8 Å². The van der Waals surface area contributed by atoms with Crippen LogP contribution >= 0.6 is 11.6 Å². The normalized spacial score (nSPS) is 11.2. The minimum Gasteiger partial charge on any atom is -0.326 e. The van der Waals surface area contributed by atoms with Crippen LogP contribution in [0.2, 0.25) is 5.02 Å². The Bertz CT molecular complexity index is 1330. The third-order valence-electron chi connectivity index (χ3n) is 5.20. The zero-order valence-corrected chi connectivity index (χ0v) is 19.7. The molecule has 2 N–H and O–H groups in total. The molecular weight excluding hydrogens is 444 g/mol. The first-order valence-electron chi connectivity index (χ1n) is 11.0. The Morgan fingerprint density at radius 1 is 1.30 bits per heavy atom. The standard InChI is InChI=1S/C23H27ClN6O3/c1-4-5-10-29-21-20(22(32)28-23(29)33)30(13-14(2)3)18(27-21)8-9-19(31)26-16-7-6-15(12-25)17(24)11-16/h6-7,11,14H,4-5,8-10,13H2,1-3H3,(H,26,31)(H,28,32,33). The van der Waals surface area contributed by atoms with Crippen molar-refractivity contribution in [3.05, 3.63) is 55.4 Å². The molecule has 174 valence electrons. The Labute approximate surface area is 196 Å². The highest BCUT2D eigenvalue weighted by molar-refractivity contribution is 6.32. The zero-order valence-electron chi connectivity index (χ0n) is 18.9. The summed E-state index contributed by atoms with van der Waals surface area (Å²) in [6.45, 7) is 7.07. The van der Waals surface area contributed by atoms with E-state index in [1.165, 1.54) is 10.6 Å². The predicted octanol–water partition coefficient (Wildman–Crippen LogP) is 3.44. The number of aryl methyl sites for hydroxylation is 2. The van der Waals surface area contributed by atoms with E-state index in [9.17, 15) is 14.4 Å². The van der Waals surface area contributed by atoms with Gasteiger partial charge in [-0.05, 0) is 30.5 Å². The number of amides is 1. The first-order chi connectivity index (χ1) is 15.7. The van der Waals surface area contributed by atoms with Crippen molar-refractivity contribution in [3.63, 3.8) is 0 Å². The van der Waals surface area contributed by atoms with E-state index in [-0.39, 0.29) is 23.3 Å². The summed E-state index contributed by atoms with van der Waals surface area (Å²) < 4.78 is 3.31. The number of carbonyl (C=O) groups is 1. The number of rotatable bonds is 9. The molecule has 1 amide bonds. The Kier molecular flexibility index (Phi) is 7.71. The second-order valence-electron chi connectivity index (χ2n) is 8.32. The number of halogens is 1. The van der Waals surface area contributed by atoms with E-state index < -0.39 is 11.2 Å². The third-order valence-corrected chi connectivity index (χ3v) is 5.51. The van der Waals surface area contributed by atoms with Crippen molar-refractivity contribution in [1.29, 1.82) is 5.26 Å². The van der Waals surface area contributed by atoms with Gasteiger partial charge in [0, 0.05) is 31.6 Å². The van der Waals surface area contributed by atoms with E-state index in [0.29, 0.717) is 47.7 Å². The molecule has 0 radical (unpaired) electrons. The topological polar surface area (TPSA) is 126 Å². The minimum atomic E-state index is -0.475. The first kappa shape index (κ1) is 24.3. The fourth-order valence-corrected chi connectivity index (χ4v) is 3.85. The number of fused-ring (bicyclic) bond motifs is 1. The fraction of sp³-hybridized carbons (Fsp3) is 0.435. The number of benzene rings is 1. The lowest BCUT2D eigenvalue weighted by molar-refractivity contribution is -0.116. The van der Waals surface area contributed by atoms with Crippen LogP contribution in [0, 0.1) is 17.2 Å². The second-order valence-corrected chi connectivity index (χ2v) is 8.73. The quantitative estimate of drug-likeness (QED) is 0.495. The number of aromatic amines is 1. The highest BCUT2D eigenvalue weighted by Gasteiger charge is 2.20. The van der Waals surface area contributed by atoms with Crippen molar-refractivity contribution in [1.82, 2.24) is 19.1 Å². The summed E-state index contributed by atoms with van der Waals surface area (Å²) >= 11 is 6.03. The molecule has 0 aliphatic heterocycles. The number of carbonyl (C=O) groups excluding carboxylic acids is 1. The number of imidazole rings is 1. The molecule has 0 fully saturated rings. The molecule has 1 aromatic carbocycles. The summed E-state index contributed by atoms with van der Waals surface area (Å²) in [5, 5.41) is 12.0. The van der Waals surface area contributed by atoms with Gasteiger partial charge in [-0.2, -0.15) is 5.26 Å². The molecule has 0 atom stereocenters. The van der Waals surface area contributed by atoms with E-state index in [1.54, 1.807) is 12.1 Å². The second kappa shape index (κ2) is 10.5. The summed E-state index contributed by atoms with van der Waals surface area (Å²) in [6.07, 6.45) is 2.09. The number of hydrogen-bond acceptors (Lipinski definition) is 5. The van der Waals surface area contributed by atoms with Gasteiger partial charge in [0.2, 0.25) is 5.91 Å². The summed E-state index contributed by atoms with van der Waals surface area (Å²) in [7, 11) is 0. The van der Waals surface area contributed by atoms with Gasteiger partial charge in [-0.1, -0.05) is 38.8 Å². The number of unbranched alkanes of at least 4 members (excludes halogenated alkanes) is 1. The molecule has 3 aromatic rings. The van der Waals surface area contributed by atoms with E-state index in [0.717, 1.165) is 12.8 Å². The van der Waals surface area contributed by atoms with Crippen LogP contribution in [0.1, 0.15) is 51.4 Å². The van der Waals surface area contributed by atoms with E-state index in [4.69, 9.17) is 16.9 Å². The monoisotopic (exact) mass is 470 g/mol. The summed E-state index contributed by atoms with van der Waals surface area (Å²) in [4.78, 5) is 44.6. The van der Waals surface area contributed by atoms with Crippen LogP contribution in [-0.2, 0) is 24.3 Å². The molecule has 33 heavy (non-hydrogen) atoms. The Morgan fingerprint density at radius 3 is 2.70 bits per heavy atom. The zero-order chi connectivity index (χ0) is 24.1. The van der Waals surface area contributed by atoms with Crippen LogP contribution in [0.4, 0.5) is 5.69 Å². The summed E-state index contributed by atoms with van der Waals surface area (Å²) in [5.74, 6) is 0.551. The van der Waals surface area contributed by atoms with Gasteiger partial charge in [0.15, 0.2) is 11.2 Å². The summed E-state index contributed by atoms with van der Waals surface area (Å²) in [5.41, 5.74) is 0.581. The van der Waals surface area contributed by atoms with Crippen molar-refractivity contribution >= 4 is 34.4 Å². The molecule has 0 aliphatic carbocycles. The van der Waals surface area contributed by atoms with Gasteiger partial charge in [0.05, 0.1) is 10.6 Å². The van der Waals surface area contributed by atoms with Crippen molar-refractivity contribution in [2.75, 3.05) is 5.32 Å². The van der Waals surface area contributed by atoms with Gasteiger partial charge in [-0.25, -0.2) is 9.78 Å². The van der Waals surface area contributed by atoms with Gasteiger partial charge in [0.25, 0.3) is 5.56 Å². The number of nitrogens with zero attached hydrogens (tertiary/aromatic N) is 4. The first-order valence-corrected chi connectivity index (χ1v) is 11.3. The molecule has 3 rings (SSSR count). The number of anilines is 1. The molecule has 0 saturated heterocycles. The molecule has 0 aliphatic rings. The maximum Gasteiger partial charge on any atom is 0.330 e. The van der Waals surface area contributed by atoms with Gasteiger partial charge in [-0.15, -0.1) is 0 Å². The molecule has 0 spiro atoms. The summed E-state index contributed by atoms with van der Waals surface area (Å²) in [6, 6.07) is 6.66. The van der Waals surface area contributed by atoms with Crippen molar-refractivity contribution in [3.8, 4) is 6.07 Å². The molecule has 9 nitrogen and oxygen atoms in total. The minimum absolute atomic E-state index is 0.121. The van der Waals surface area contributed by atoms with Crippen molar-refractivity contribution < 1.29 is 4.79 Å². The van der Waals surface area contributed by atoms with E-state index >= 15 is 0 Å². The van der Waals surface area contributed by atoms with Gasteiger partial charge < -0.3 is 9.88 Å². The Morgan fingerprint density at radius 2 is 2.06 bits per heavy atom. The number of hydrogen-bond donors (Lipinski definition) is 2. The van der Waals surface area contributed by atoms with Gasteiger partial charge in [0.1, 0.15) is 11.9 Å².